The molecule has 0 fully saturated rings. The van der Waals surface area contributed by atoms with Crippen molar-refractivity contribution < 1.29 is 14.6 Å². The van der Waals surface area contributed by atoms with Crippen molar-refractivity contribution in [2.45, 2.75) is 19.1 Å². The minimum Gasteiger partial charge on any atom is -0.497 e. The highest BCUT2D eigenvalue weighted by molar-refractivity contribution is 5.28. The molecule has 0 saturated heterocycles. The Kier molecular flexibility index (Phi) is 5.97. The lowest BCUT2D eigenvalue weighted by Gasteiger charge is -2.15. The van der Waals surface area contributed by atoms with Gasteiger partial charge in [0.25, 0.3) is 0 Å². The number of hydrogen-bond donors (Lipinski definition) is 2. The summed E-state index contributed by atoms with van der Waals surface area (Å²) in [5.41, 5.74) is 0.878. The Morgan fingerprint density at radius 1 is 1.18 bits per heavy atom. The van der Waals surface area contributed by atoms with Crippen LogP contribution in [0.4, 0.5) is 0 Å². The molecule has 0 amide bonds. The van der Waals surface area contributed by atoms with E-state index in [4.69, 9.17) is 9.47 Å². The second-order valence-corrected chi connectivity index (χ2v) is 3.99. The van der Waals surface area contributed by atoms with Crippen LogP contribution >= 0.6 is 0 Å². The van der Waals surface area contributed by atoms with Gasteiger partial charge in [0.1, 0.15) is 5.75 Å². The molecule has 1 rings (SSSR count). The van der Waals surface area contributed by atoms with Gasteiger partial charge < -0.3 is 19.9 Å². The number of rotatable bonds is 7. The molecule has 0 aliphatic heterocycles. The molecule has 0 aromatic heterocycles. The van der Waals surface area contributed by atoms with Crippen molar-refractivity contribution >= 4 is 0 Å². The van der Waals surface area contributed by atoms with Crippen LogP contribution < -0.4 is 10.1 Å². The Bertz CT molecular complexity index is 313. The van der Waals surface area contributed by atoms with Crippen LogP contribution in [0.3, 0.4) is 0 Å². The zero-order valence-electron chi connectivity index (χ0n) is 10.6. The van der Waals surface area contributed by atoms with Crippen LogP contribution in [0.5, 0.6) is 5.75 Å². The summed E-state index contributed by atoms with van der Waals surface area (Å²) in [6.07, 6.45) is -0.358. The van der Waals surface area contributed by atoms with E-state index in [1.807, 2.05) is 31.2 Å². The standard InChI is InChI=1S/C13H21NO3/c1-10(16-2)8-14-9-13(15)11-4-6-12(17-3)7-5-11/h4-7,10,13-15H,8-9H2,1-3H3. The van der Waals surface area contributed by atoms with Gasteiger partial charge >= 0.3 is 0 Å². The third kappa shape index (κ3) is 4.73. The van der Waals surface area contributed by atoms with Gasteiger partial charge in [-0.05, 0) is 24.6 Å². The van der Waals surface area contributed by atoms with E-state index in [1.165, 1.54) is 0 Å². The van der Waals surface area contributed by atoms with Crippen LogP contribution in [-0.2, 0) is 4.74 Å². The van der Waals surface area contributed by atoms with E-state index < -0.39 is 6.10 Å². The molecule has 17 heavy (non-hydrogen) atoms. The Morgan fingerprint density at radius 2 is 1.82 bits per heavy atom. The molecule has 0 aliphatic rings. The van der Waals surface area contributed by atoms with Crippen LogP contribution in [0.15, 0.2) is 24.3 Å². The van der Waals surface area contributed by atoms with Gasteiger partial charge in [0.2, 0.25) is 0 Å². The van der Waals surface area contributed by atoms with Crippen LogP contribution in [-0.4, -0.2) is 38.5 Å². The van der Waals surface area contributed by atoms with Crippen LogP contribution in [0, 0.1) is 0 Å². The summed E-state index contributed by atoms with van der Waals surface area (Å²) in [5, 5.41) is 13.1. The maximum Gasteiger partial charge on any atom is 0.118 e. The first-order valence-corrected chi connectivity index (χ1v) is 5.73. The zero-order valence-corrected chi connectivity index (χ0v) is 10.6. The zero-order chi connectivity index (χ0) is 12.7. The van der Waals surface area contributed by atoms with E-state index in [1.54, 1.807) is 14.2 Å². The average Bonchev–Trinajstić information content (AvgIpc) is 2.38. The molecule has 0 spiro atoms. The summed E-state index contributed by atoms with van der Waals surface area (Å²) in [5.74, 6) is 0.793. The molecule has 0 heterocycles. The quantitative estimate of drug-likeness (QED) is 0.754. The maximum absolute atomic E-state index is 9.93. The molecule has 4 heteroatoms. The van der Waals surface area contributed by atoms with Gasteiger partial charge in [-0.25, -0.2) is 0 Å². The molecule has 2 atom stereocenters. The highest BCUT2D eigenvalue weighted by Gasteiger charge is 2.07. The first kappa shape index (κ1) is 14.0. The number of benzene rings is 1. The molecular weight excluding hydrogens is 218 g/mol. The largest absolute Gasteiger partial charge is 0.497 e. The molecule has 1 aromatic carbocycles. The predicted octanol–water partition coefficient (Wildman–Crippen LogP) is 1.35. The van der Waals surface area contributed by atoms with Gasteiger partial charge in [-0.1, -0.05) is 12.1 Å². The lowest BCUT2D eigenvalue weighted by atomic mass is 10.1. The number of aliphatic hydroxyl groups excluding tert-OH is 1. The van der Waals surface area contributed by atoms with Crippen molar-refractivity contribution in [2.75, 3.05) is 27.3 Å². The van der Waals surface area contributed by atoms with Gasteiger partial charge in [0, 0.05) is 20.2 Å². The highest BCUT2D eigenvalue weighted by atomic mass is 16.5. The van der Waals surface area contributed by atoms with Gasteiger partial charge in [0.05, 0.1) is 19.3 Å². The van der Waals surface area contributed by atoms with E-state index in [0.717, 1.165) is 17.9 Å². The molecule has 96 valence electrons. The normalized spacial score (nSPS) is 14.4. The third-order valence-electron chi connectivity index (χ3n) is 2.67. The lowest BCUT2D eigenvalue weighted by Crippen LogP contribution is -2.29. The summed E-state index contributed by atoms with van der Waals surface area (Å²) in [6, 6.07) is 7.42. The maximum atomic E-state index is 9.93. The van der Waals surface area contributed by atoms with E-state index in [9.17, 15) is 5.11 Å². The summed E-state index contributed by atoms with van der Waals surface area (Å²) in [7, 11) is 3.30. The summed E-state index contributed by atoms with van der Waals surface area (Å²) in [4.78, 5) is 0. The molecule has 1 aromatic rings. The molecule has 2 unspecified atom stereocenters. The Labute approximate surface area is 103 Å². The van der Waals surface area contributed by atoms with Gasteiger partial charge in [0.15, 0.2) is 0 Å². The van der Waals surface area contributed by atoms with Crippen molar-refractivity contribution in [2.24, 2.45) is 0 Å². The lowest BCUT2D eigenvalue weighted by molar-refractivity contribution is 0.109. The summed E-state index contributed by atoms with van der Waals surface area (Å²) >= 11 is 0. The first-order chi connectivity index (χ1) is 8.17. The Balaban J connectivity index is 2.38. The fraction of sp³-hybridized carbons (Fsp3) is 0.538. The third-order valence-corrected chi connectivity index (χ3v) is 2.67. The van der Waals surface area contributed by atoms with Gasteiger partial charge in [-0.2, -0.15) is 0 Å². The van der Waals surface area contributed by atoms with Crippen molar-refractivity contribution in [3.8, 4) is 5.75 Å². The summed E-state index contributed by atoms with van der Waals surface area (Å²) in [6.45, 7) is 3.22. The van der Waals surface area contributed by atoms with Crippen molar-refractivity contribution in [1.29, 1.82) is 0 Å². The molecule has 0 aliphatic carbocycles. The van der Waals surface area contributed by atoms with E-state index in [0.29, 0.717) is 6.54 Å². The topological polar surface area (TPSA) is 50.7 Å². The molecule has 0 bridgehead atoms. The number of nitrogens with one attached hydrogen (secondary N) is 1. The second kappa shape index (κ2) is 7.27. The average molecular weight is 239 g/mol. The fourth-order valence-electron chi connectivity index (χ4n) is 1.45. The second-order valence-electron chi connectivity index (χ2n) is 3.99. The van der Waals surface area contributed by atoms with Crippen LogP contribution in [0.1, 0.15) is 18.6 Å². The monoisotopic (exact) mass is 239 g/mol. The van der Waals surface area contributed by atoms with Crippen molar-refractivity contribution in [1.82, 2.24) is 5.32 Å². The minimum absolute atomic E-state index is 0.151. The van der Waals surface area contributed by atoms with E-state index in [-0.39, 0.29) is 6.10 Å². The Morgan fingerprint density at radius 3 is 2.35 bits per heavy atom. The van der Waals surface area contributed by atoms with Crippen molar-refractivity contribution in [3.05, 3.63) is 29.8 Å². The van der Waals surface area contributed by atoms with Crippen LogP contribution in [0.25, 0.3) is 0 Å². The van der Waals surface area contributed by atoms with Gasteiger partial charge in [-0.15, -0.1) is 0 Å². The molecule has 2 N–H and O–H groups in total. The highest BCUT2D eigenvalue weighted by Crippen LogP contribution is 2.16. The number of ether oxygens (including phenoxy) is 2. The molecule has 4 nitrogen and oxygen atoms in total. The smallest absolute Gasteiger partial charge is 0.118 e. The van der Waals surface area contributed by atoms with E-state index >= 15 is 0 Å². The van der Waals surface area contributed by atoms with Gasteiger partial charge in [-0.3, -0.25) is 0 Å². The first-order valence-electron chi connectivity index (χ1n) is 5.73. The Hall–Kier alpha value is -1.10. The number of methoxy groups -OCH3 is 2. The van der Waals surface area contributed by atoms with Crippen molar-refractivity contribution in [3.63, 3.8) is 0 Å². The fourth-order valence-corrected chi connectivity index (χ4v) is 1.45. The molecule has 0 saturated carbocycles. The molecule has 0 radical (unpaired) electrons. The number of aliphatic hydroxyl groups is 1. The molecular formula is C13H21NO3. The van der Waals surface area contributed by atoms with Crippen LogP contribution in [0.2, 0.25) is 0 Å². The predicted molar refractivity (Wildman–Crippen MR) is 67.3 cm³/mol. The minimum atomic E-state index is -0.509. The van der Waals surface area contributed by atoms with E-state index in [2.05, 4.69) is 5.32 Å². The number of hydrogen-bond acceptors (Lipinski definition) is 4. The summed E-state index contributed by atoms with van der Waals surface area (Å²) < 4.78 is 10.2. The SMILES string of the molecule is COc1ccc(C(O)CNCC(C)OC)cc1.